The van der Waals surface area contributed by atoms with Gasteiger partial charge in [-0.2, -0.15) is 0 Å². The number of carbonyl (C=O) groups is 2. The fourth-order valence-corrected chi connectivity index (χ4v) is 3.86. The summed E-state index contributed by atoms with van der Waals surface area (Å²) in [4.78, 5) is 24.3. The van der Waals surface area contributed by atoms with E-state index in [4.69, 9.17) is 10.5 Å². The minimum absolute atomic E-state index is 0.0251. The lowest BCUT2D eigenvalue weighted by molar-refractivity contribution is 0.0482. The van der Waals surface area contributed by atoms with Gasteiger partial charge < -0.3 is 15.6 Å². The van der Waals surface area contributed by atoms with E-state index in [0.717, 1.165) is 22.3 Å². The van der Waals surface area contributed by atoms with Crippen LogP contribution in [-0.4, -0.2) is 23.7 Å². The van der Waals surface area contributed by atoms with E-state index < -0.39 is 11.9 Å². The molecular weight excluding hydrogens is 354 g/mol. The SMILES string of the molecule is NCc1cccc(C(=O)O)c1C(=O)OCC1c2ccccc2-c2ccccc21. The van der Waals surface area contributed by atoms with Gasteiger partial charge in [0, 0.05) is 12.5 Å². The Kier molecular flexibility index (Phi) is 4.67. The first-order chi connectivity index (χ1) is 13.6. The van der Waals surface area contributed by atoms with Gasteiger partial charge in [-0.05, 0) is 33.9 Å². The van der Waals surface area contributed by atoms with E-state index in [1.807, 2.05) is 36.4 Å². The summed E-state index contributed by atoms with van der Waals surface area (Å²) >= 11 is 0. The van der Waals surface area contributed by atoms with Crippen molar-refractivity contribution in [1.29, 1.82) is 0 Å². The highest BCUT2D eigenvalue weighted by atomic mass is 16.5. The van der Waals surface area contributed by atoms with E-state index >= 15 is 0 Å². The minimum Gasteiger partial charge on any atom is -0.478 e. The highest BCUT2D eigenvalue weighted by molar-refractivity contribution is 6.03. The average Bonchev–Trinajstić information content (AvgIpc) is 3.05. The first-order valence-corrected chi connectivity index (χ1v) is 9.02. The lowest BCUT2D eigenvalue weighted by atomic mass is 9.97. The summed E-state index contributed by atoms with van der Waals surface area (Å²) in [7, 11) is 0. The molecule has 0 unspecified atom stereocenters. The maximum atomic E-state index is 12.8. The third-order valence-electron chi connectivity index (χ3n) is 5.15. The zero-order valence-corrected chi connectivity index (χ0v) is 15.1. The van der Waals surface area contributed by atoms with Crippen LogP contribution >= 0.6 is 0 Å². The van der Waals surface area contributed by atoms with Crippen LogP contribution in [0.3, 0.4) is 0 Å². The second-order valence-electron chi connectivity index (χ2n) is 6.67. The molecule has 0 spiro atoms. The van der Waals surface area contributed by atoms with Crippen molar-refractivity contribution in [3.63, 3.8) is 0 Å². The molecule has 0 radical (unpaired) electrons. The van der Waals surface area contributed by atoms with Gasteiger partial charge in [0.05, 0.1) is 11.1 Å². The van der Waals surface area contributed by atoms with Gasteiger partial charge in [-0.1, -0.05) is 60.7 Å². The van der Waals surface area contributed by atoms with E-state index in [-0.39, 0.29) is 30.2 Å². The lowest BCUT2D eigenvalue weighted by Crippen LogP contribution is -2.18. The molecule has 0 atom stereocenters. The Balaban J connectivity index is 1.64. The van der Waals surface area contributed by atoms with Gasteiger partial charge >= 0.3 is 11.9 Å². The van der Waals surface area contributed by atoms with Gasteiger partial charge in [0.15, 0.2) is 0 Å². The molecule has 5 heteroatoms. The standard InChI is InChI=1S/C23H19NO4/c24-12-14-6-5-11-19(22(25)26)21(14)23(27)28-13-20-17-9-3-1-7-15(17)16-8-2-4-10-18(16)20/h1-11,20H,12-13,24H2,(H,25,26). The van der Waals surface area contributed by atoms with Crippen LogP contribution in [0.4, 0.5) is 0 Å². The first-order valence-electron chi connectivity index (χ1n) is 9.02. The molecule has 28 heavy (non-hydrogen) atoms. The monoisotopic (exact) mass is 373 g/mol. The van der Waals surface area contributed by atoms with Gasteiger partial charge in [0.2, 0.25) is 0 Å². The predicted octanol–water partition coefficient (Wildman–Crippen LogP) is 3.81. The van der Waals surface area contributed by atoms with Crippen molar-refractivity contribution < 1.29 is 19.4 Å². The smallest absolute Gasteiger partial charge is 0.339 e. The molecular formula is C23H19NO4. The Hall–Kier alpha value is -3.44. The van der Waals surface area contributed by atoms with Gasteiger partial charge in [-0.15, -0.1) is 0 Å². The maximum absolute atomic E-state index is 12.8. The molecule has 3 aromatic carbocycles. The topological polar surface area (TPSA) is 89.6 Å². The van der Waals surface area contributed by atoms with Crippen LogP contribution < -0.4 is 5.73 Å². The zero-order valence-electron chi connectivity index (χ0n) is 15.1. The first kappa shape index (κ1) is 17.9. The number of carboxylic acids is 1. The molecule has 140 valence electrons. The summed E-state index contributed by atoms with van der Waals surface area (Å²) in [5, 5.41) is 9.43. The molecule has 3 aromatic rings. The molecule has 0 heterocycles. The summed E-state index contributed by atoms with van der Waals surface area (Å²) in [5.74, 6) is -1.94. The van der Waals surface area contributed by atoms with Crippen LogP contribution in [0.1, 0.15) is 43.3 Å². The van der Waals surface area contributed by atoms with Crippen molar-refractivity contribution in [2.24, 2.45) is 5.73 Å². The largest absolute Gasteiger partial charge is 0.478 e. The molecule has 3 N–H and O–H groups in total. The summed E-state index contributed by atoms with van der Waals surface area (Å²) in [6, 6.07) is 20.7. The number of nitrogens with two attached hydrogens (primary N) is 1. The average molecular weight is 373 g/mol. The van der Waals surface area contributed by atoms with E-state index in [9.17, 15) is 14.7 Å². The fourth-order valence-electron chi connectivity index (χ4n) is 3.86. The normalized spacial score (nSPS) is 12.3. The Labute approximate surface area is 162 Å². The zero-order chi connectivity index (χ0) is 19.7. The van der Waals surface area contributed by atoms with E-state index in [0.29, 0.717) is 5.56 Å². The Morgan fingerprint density at radius 2 is 1.50 bits per heavy atom. The van der Waals surface area contributed by atoms with E-state index in [1.165, 1.54) is 6.07 Å². The van der Waals surface area contributed by atoms with E-state index in [2.05, 4.69) is 12.1 Å². The number of aromatic carboxylic acids is 1. The molecule has 0 aliphatic heterocycles. The van der Waals surface area contributed by atoms with Gasteiger partial charge in [0.25, 0.3) is 0 Å². The van der Waals surface area contributed by atoms with E-state index in [1.54, 1.807) is 12.1 Å². The molecule has 4 rings (SSSR count). The summed E-state index contributed by atoms with van der Waals surface area (Å²) in [6.07, 6.45) is 0. The van der Waals surface area contributed by atoms with Crippen LogP contribution in [0.5, 0.6) is 0 Å². The molecule has 0 fully saturated rings. The number of carbonyl (C=O) groups excluding carboxylic acids is 1. The number of esters is 1. The molecule has 0 saturated carbocycles. The molecule has 0 aromatic heterocycles. The molecule has 5 nitrogen and oxygen atoms in total. The van der Waals surface area contributed by atoms with Gasteiger partial charge in [0.1, 0.15) is 6.61 Å². The van der Waals surface area contributed by atoms with Crippen molar-refractivity contribution in [3.05, 3.63) is 94.5 Å². The number of ether oxygens (including phenoxy) is 1. The third-order valence-corrected chi connectivity index (χ3v) is 5.15. The highest BCUT2D eigenvalue weighted by Crippen LogP contribution is 2.44. The summed E-state index contributed by atoms with van der Waals surface area (Å²) < 4.78 is 5.60. The van der Waals surface area contributed by atoms with Gasteiger partial charge in [-0.25, -0.2) is 9.59 Å². The Bertz CT molecular complexity index is 1030. The maximum Gasteiger partial charge on any atom is 0.339 e. The Morgan fingerprint density at radius 3 is 2.07 bits per heavy atom. The number of hydrogen-bond acceptors (Lipinski definition) is 4. The third kappa shape index (κ3) is 2.96. The molecule has 1 aliphatic rings. The Morgan fingerprint density at radius 1 is 0.893 bits per heavy atom. The fraction of sp³-hybridized carbons (Fsp3) is 0.130. The summed E-state index contributed by atoms with van der Waals surface area (Å²) in [5.41, 5.74) is 10.5. The van der Waals surface area contributed by atoms with Crippen molar-refractivity contribution in [2.75, 3.05) is 6.61 Å². The van der Waals surface area contributed by atoms with Crippen LogP contribution in [0.2, 0.25) is 0 Å². The molecule has 0 bridgehead atoms. The molecule has 0 saturated heterocycles. The number of carboxylic acid groups (broad SMARTS) is 1. The van der Waals surface area contributed by atoms with Crippen molar-refractivity contribution in [2.45, 2.75) is 12.5 Å². The second-order valence-corrected chi connectivity index (χ2v) is 6.67. The summed E-state index contributed by atoms with van der Waals surface area (Å²) in [6.45, 7) is 0.186. The predicted molar refractivity (Wildman–Crippen MR) is 105 cm³/mol. The minimum atomic E-state index is -1.18. The second kappa shape index (κ2) is 7.29. The number of hydrogen-bond donors (Lipinski definition) is 2. The lowest BCUT2D eigenvalue weighted by Gasteiger charge is -2.16. The quantitative estimate of drug-likeness (QED) is 0.664. The molecule has 0 amide bonds. The van der Waals surface area contributed by atoms with Crippen LogP contribution in [0.15, 0.2) is 66.7 Å². The van der Waals surface area contributed by atoms with Crippen molar-refractivity contribution in [1.82, 2.24) is 0 Å². The van der Waals surface area contributed by atoms with Crippen LogP contribution in [0.25, 0.3) is 11.1 Å². The number of rotatable bonds is 5. The number of benzene rings is 3. The number of fused-ring (bicyclic) bond motifs is 3. The van der Waals surface area contributed by atoms with Crippen LogP contribution in [-0.2, 0) is 11.3 Å². The van der Waals surface area contributed by atoms with Crippen molar-refractivity contribution >= 4 is 11.9 Å². The highest BCUT2D eigenvalue weighted by Gasteiger charge is 2.30. The van der Waals surface area contributed by atoms with Crippen molar-refractivity contribution in [3.8, 4) is 11.1 Å². The van der Waals surface area contributed by atoms with Gasteiger partial charge in [-0.3, -0.25) is 0 Å². The molecule has 1 aliphatic carbocycles. The van der Waals surface area contributed by atoms with Crippen LogP contribution in [0, 0.1) is 0 Å².